The number of rotatable bonds is 9. The van der Waals surface area contributed by atoms with Gasteiger partial charge >= 0.3 is 12.1 Å². The van der Waals surface area contributed by atoms with Crippen molar-refractivity contribution < 1.29 is 19.4 Å². The second-order valence-corrected chi connectivity index (χ2v) is 4.95. The van der Waals surface area contributed by atoms with Gasteiger partial charge in [-0.3, -0.25) is 0 Å². The lowest BCUT2D eigenvalue weighted by Crippen LogP contribution is -2.40. The van der Waals surface area contributed by atoms with Gasteiger partial charge in [0.15, 0.2) is 0 Å². The second kappa shape index (κ2) is 9.80. The van der Waals surface area contributed by atoms with Crippen LogP contribution in [-0.2, 0) is 16.1 Å². The van der Waals surface area contributed by atoms with Gasteiger partial charge in [-0.05, 0) is 12.0 Å². The van der Waals surface area contributed by atoms with E-state index in [1.807, 2.05) is 30.3 Å². The average molecular weight is 293 g/mol. The van der Waals surface area contributed by atoms with Crippen molar-refractivity contribution in [1.29, 1.82) is 0 Å². The van der Waals surface area contributed by atoms with Crippen molar-refractivity contribution in [3.05, 3.63) is 35.9 Å². The number of carboxylic acids is 1. The largest absolute Gasteiger partial charge is 0.480 e. The van der Waals surface area contributed by atoms with E-state index >= 15 is 0 Å². The molecule has 0 fully saturated rings. The van der Waals surface area contributed by atoms with Gasteiger partial charge < -0.3 is 15.2 Å². The molecule has 1 rings (SSSR count). The van der Waals surface area contributed by atoms with Crippen LogP contribution in [0.1, 0.15) is 44.6 Å². The summed E-state index contributed by atoms with van der Waals surface area (Å²) in [4.78, 5) is 22.7. The molecule has 1 atom stereocenters. The Bertz CT molecular complexity index is 433. The molecular weight excluding hydrogens is 270 g/mol. The lowest BCUT2D eigenvalue weighted by atomic mass is 10.1. The van der Waals surface area contributed by atoms with E-state index in [-0.39, 0.29) is 6.61 Å². The smallest absolute Gasteiger partial charge is 0.408 e. The van der Waals surface area contributed by atoms with Gasteiger partial charge in [0.2, 0.25) is 0 Å². The Morgan fingerprint density at radius 3 is 2.52 bits per heavy atom. The van der Waals surface area contributed by atoms with Crippen molar-refractivity contribution in [2.75, 3.05) is 0 Å². The standard InChI is InChI=1S/C16H23NO4/c1-2-3-4-8-11-14(15(18)19)17-16(20)21-12-13-9-6-5-7-10-13/h5-7,9-10,14H,2-4,8,11-12H2,1H3,(H,17,20)(H,18,19). The predicted octanol–water partition coefficient (Wildman–Crippen LogP) is 3.34. The van der Waals surface area contributed by atoms with Crippen LogP contribution in [0.3, 0.4) is 0 Å². The average Bonchev–Trinajstić information content (AvgIpc) is 2.49. The van der Waals surface area contributed by atoms with Crippen molar-refractivity contribution in [3.63, 3.8) is 0 Å². The minimum atomic E-state index is -1.02. The highest BCUT2D eigenvalue weighted by atomic mass is 16.5. The molecule has 2 N–H and O–H groups in total. The fraction of sp³-hybridized carbons (Fsp3) is 0.500. The summed E-state index contributed by atoms with van der Waals surface area (Å²) in [6.07, 6.45) is 3.65. The molecule has 0 aromatic heterocycles. The molecule has 1 amide bonds. The van der Waals surface area contributed by atoms with E-state index in [0.717, 1.165) is 31.2 Å². The molecule has 1 unspecified atom stereocenters. The molecule has 0 saturated carbocycles. The third-order valence-corrected chi connectivity index (χ3v) is 3.15. The van der Waals surface area contributed by atoms with Crippen LogP contribution in [0.4, 0.5) is 4.79 Å². The molecule has 0 spiro atoms. The number of carboxylic acid groups (broad SMARTS) is 1. The number of benzene rings is 1. The van der Waals surface area contributed by atoms with Crippen LogP contribution in [0.25, 0.3) is 0 Å². The fourth-order valence-electron chi connectivity index (χ4n) is 1.94. The summed E-state index contributed by atoms with van der Waals surface area (Å²) < 4.78 is 5.02. The van der Waals surface area contributed by atoms with Gasteiger partial charge in [0, 0.05) is 0 Å². The van der Waals surface area contributed by atoms with Crippen molar-refractivity contribution in [2.24, 2.45) is 0 Å². The number of hydrogen-bond donors (Lipinski definition) is 2. The number of alkyl carbamates (subject to hydrolysis) is 1. The van der Waals surface area contributed by atoms with E-state index in [1.165, 1.54) is 0 Å². The number of hydrogen-bond acceptors (Lipinski definition) is 3. The zero-order valence-electron chi connectivity index (χ0n) is 12.4. The Labute approximate surface area is 125 Å². The number of aliphatic carboxylic acids is 1. The molecule has 1 aromatic rings. The molecule has 0 radical (unpaired) electrons. The quantitative estimate of drug-likeness (QED) is 0.685. The summed E-state index contributed by atoms with van der Waals surface area (Å²) in [5, 5.41) is 11.5. The highest BCUT2D eigenvalue weighted by Crippen LogP contribution is 2.07. The molecule has 0 aliphatic rings. The van der Waals surface area contributed by atoms with Gasteiger partial charge in [-0.15, -0.1) is 0 Å². The summed E-state index contributed by atoms with van der Waals surface area (Å²) in [5.41, 5.74) is 0.863. The third-order valence-electron chi connectivity index (χ3n) is 3.15. The van der Waals surface area contributed by atoms with Gasteiger partial charge in [0.1, 0.15) is 12.6 Å². The summed E-state index contributed by atoms with van der Waals surface area (Å²) >= 11 is 0. The number of carbonyl (C=O) groups excluding carboxylic acids is 1. The minimum absolute atomic E-state index is 0.134. The van der Waals surface area contributed by atoms with E-state index in [0.29, 0.717) is 6.42 Å². The fourth-order valence-corrected chi connectivity index (χ4v) is 1.94. The van der Waals surface area contributed by atoms with Crippen LogP contribution < -0.4 is 5.32 Å². The first-order chi connectivity index (χ1) is 10.1. The third kappa shape index (κ3) is 7.34. The molecule has 5 nitrogen and oxygen atoms in total. The van der Waals surface area contributed by atoms with Crippen molar-refractivity contribution in [2.45, 2.75) is 51.7 Å². The van der Waals surface area contributed by atoms with E-state index in [1.54, 1.807) is 0 Å². The van der Waals surface area contributed by atoms with E-state index in [2.05, 4.69) is 12.2 Å². The molecule has 0 bridgehead atoms. The Morgan fingerprint density at radius 1 is 1.19 bits per heavy atom. The van der Waals surface area contributed by atoms with Crippen LogP contribution in [0, 0.1) is 0 Å². The van der Waals surface area contributed by atoms with Crippen molar-refractivity contribution >= 4 is 12.1 Å². The van der Waals surface area contributed by atoms with Gasteiger partial charge in [0.05, 0.1) is 0 Å². The molecular formula is C16H23NO4. The van der Waals surface area contributed by atoms with Crippen LogP contribution in [0.5, 0.6) is 0 Å². The van der Waals surface area contributed by atoms with Crippen LogP contribution in [0.15, 0.2) is 30.3 Å². The van der Waals surface area contributed by atoms with Crippen LogP contribution >= 0.6 is 0 Å². The lowest BCUT2D eigenvalue weighted by molar-refractivity contribution is -0.139. The minimum Gasteiger partial charge on any atom is -0.480 e. The Hall–Kier alpha value is -2.04. The molecule has 0 heterocycles. The van der Waals surface area contributed by atoms with Gasteiger partial charge in [-0.25, -0.2) is 9.59 Å². The molecule has 116 valence electrons. The highest BCUT2D eigenvalue weighted by molar-refractivity contribution is 5.79. The monoisotopic (exact) mass is 293 g/mol. The molecule has 0 saturated heterocycles. The summed E-state index contributed by atoms with van der Waals surface area (Å²) in [6.45, 7) is 2.22. The van der Waals surface area contributed by atoms with E-state index in [9.17, 15) is 9.59 Å². The molecule has 21 heavy (non-hydrogen) atoms. The lowest BCUT2D eigenvalue weighted by Gasteiger charge is -2.14. The zero-order valence-corrected chi connectivity index (χ0v) is 12.4. The van der Waals surface area contributed by atoms with Gasteiger partial charge in [0.25, 0.3) is 0 Å². The molecule has 1 aromatic carbocycles. The van der Waals surface area contributed by atoms with Gasteiger partial charge in [-0.2, -0.15) is 0 Å². The number of ether oxygens (including phenoxy) is 1. The molecule has 0 aliphatic heterocycles. The maximum Gasteiger partial charge on any atom is 0.408 e. The SMILES string of the molecule is CCCCCCC(NC(=O)OCc1ccccc1)C(=O)O. The highest BCUT2D eigenvalue weighted by Gasteiger charge is 2.19. The first kappa shape index (κ1) is 17.0. The topological polar surface area (TPSA) is 75.6 Å². The van der Waals surface area contributed by atoms with Crippen LogP contribution in [-0.4, -0.2) is 23.2 Å². The number of carbonyl (C=O) groups is 2. The van der Waals surface area contributed by atoms with Gasteiger partial charge in [-0.1, -0.05) is 62.9 Å². The molecule has 0 aliphatic carbocycles. The first-order valence-corrected chi connectivity index (χ1v) is 7.33. The Morgan fingerprint density at radius 2 is 1.90 bits per heavy atom. The van der Waals surface area contributed by atoms with E-state index in [4.69, 9.17) is 9.84 Å². The van der Waals surface area contributed by atoms with E-state index < -0.39 is 18.1 Å². The summed E-state index contributed by atoms with van der Waals surface area (Å²) in [6, 6.07) is 8.37. The zero-order chi connectivity index (χ0) is 15.5. The summed E-state index contributed by atoms with van der Waals surface area (Å²) in [5.74, 6) is -1.02. The maximum absolute atomic E-state index is 11.6. The summed E-state index contributed by atoms with van der Waals surface area (Å²) in [7, 11) is 0. The van der Waals surface area contributed by atoms with Crippen LogP contribution in [0.2, 0.25) is 0 Å². The maximum atomic E-state index is 11.6. The number of amides is 1. The number of unbranched alkanes of at least 4 members (excludes halogenated alkanes) is 3. The predicted molar refractivity (Wildman–Crippen MR) is 79.9 cm³/mol. The van der Waals surface area contributed by atoms with Crippen molar-refractivity contribution in [3.8, 4) is 0 Å². The first-order valence-electron chi connectivity index (χ1n) is 7.33. The number of nitrogens with one attached hydrogen (secondary N) is 1. The second-order valence-electron chi connectivity index (χ2n) is 4.95. The van der Waals surface area contributed by atoms with Crippen molar-refractivity contribution in [1.82, 2.24) is 5.32 Å². The molecule has 5 heteroatoms. The Balaban J connectivity index is 2.33. The normalized spacial score (nSPS) is 11.7. The Kier molecular flexibility index (Phi) is 7.94.